The molecule has 0 radical (unpaired) electrons. The van der Waals surface area contributed by atoms with Crippen LogP contribution in [0.25, 0.3) is 0 Å². The molecule has 88 valence electrons. The van der Waals surface area contributed by atoms with Crippen LogP contribution in [0.2, 0.25) is 0 Å². The Hall–Kier alpha value is -0.860. The van der Waals surface area contributed by atoms with Crippen molar-refractivity contribution in [3.8, 4) is 0 Å². The summed E-state index contributed by atoms with van der Waals surface area (Å²) in [5.41, 5.74) is 0.0287. The van der Waals surface area contributed by atoms with E-state index in [2.05, 4.69) is 6.92 Å². The number of hydrogen-bond donors (Lipinski definition) is 0. The summed E-state index contributed by atoms with van der Waals surface area (Å²) in [6.45, 7) is 3.98. The van der Waals surface area contributed by atoms with E-state index in [0.29, 0.717) is 6.61 Å². The van der Waals surface area contributed by atoms with Crippen LogP contribution in [0.3, 0.4) is 0 Å². The maximum absolute atomic E-state index is 11.9. The highest BCUT2D eigenvalue weighted by atomic mass is 19.1. The SMILES string of the molecule is CCCCCCCCOC(=O)C(C)=CF. The van der Waals surface area contributed by atoms with Gasteiger partial charge in [-0.05, 0) is 13.3 Å². The van der Waals surface area contributed by atoms with Gasteiger partial charge in [-0.1, -0.05) is 39.0 Å². The number of esters is 1. The van der Waals surface area contributed by atoms with Crippen LogP contribution in [-0.4, -0.2) is 12.6 Å². The predicted octanol–water partition coefficient (Wildman–Crippen LogP) is 3.76. The lowest BCUT2D eigenvalue weighted by Crippen LogP contribution is -2.06. The monoisotopic (exact) mass is 216 g/mol. The molecule has 15 heavy (non-hydrogen) atoms. The van der Waals surface area contributed by atoms with E-state index in [-0.39, 0.29) is 11.9 Å². The lowest BCUT2D eigenvalue weighted by atomic mass is 10.1. The number of halogens is 1. The maximum atomic E-state index is 11.9. The van der Waals surface area contributed by atoms with Gasteiger partial charge in [0, 0.05) is 0 Å². The topological polar surface area (TPSA) is 26.3 Å². The summed E-state index contributed by atoms with van der Waals surface area (Å²) in [6.07, 6.45) is 7.15. The van der Waals surface area contributed by atoms with E-state index in [9.17, 15) is 9.18 Å². The Kier molecular flexibility index (Phi) is 9.13. The van der Waals surface area contributed by atoms with Crippen LogP contribution < -0.4 is 0 Å². The number of rotatable bonds is 8. The van der Waals surface area contributed by atoms with E-state index in [4.69, 9.17) is 4.74 Å². The fourth-order valence-electron chi connectivity index (χ4n) is 1.21. The van der Waals surface area contributed by atoms with Gasteiger partial charge in [0.2, 0.25) is 0 Å². The molecule has 0 N–H and O–H groups in total. The molecular formula is C12H21FO2. The van der Waals surface area contributed by atoms with Crippen molar-refractivity contribution in [2.45, 2.75) is 52.4 Å². The minimum atomic E-state index is -0.550. The number of carbonyl (C=O) groups is 1. The molecule has 0 fully saturated rings. The molecule has 0 saturated carbocycles. The Morgan fingerprint density at radius 1 is 1.20 bits per heavy atom. The summed E-state index contributed by atoms with van der Waals surface area (Å²) in [6, 6.07) is 0. The molecule has 0 aromatic heterocycles. The van der Waals surface area contributed by atoms with Crippen molar-refractivity contribution in [3.05, 3.63) is 11.9 Å². The summed E-state index contributed by atoms with van der Waals surface area (Å²) >= 11 is 0. The van der Waals surface area contributed by atoms with E-state index < -0.39 is 5.97 Å². The van der Waals surface area contributed by atoms with Crippen LogP contribution in [0, 0.1) is 0 Å². The van der Waals surface area contributed by atoms with E-state index in [0.717, 1.165) is 12.8 Å². The lowest BCUT2D eigenvalue weighted by Gasteiger charge is -2.03. The first-order valence-corrected chi connectivity index (χ1v) is 5.66. The molecule has 3 heteroatoms. The van der Waals surface area contributed by atoms with Crippen molar-refractivity contribution in [2.75, 3.05) is 6.61 Å². The zero-order valence-electron chi connectivity index (χ0n) is 9.72. The molecule has 0 aliphatic heterocycles. The fourth-order valence-corrected chi connectivity index (χ4v) is 1.21. The quantitative estimate of drug-likeness (QED) is 0.351. The van der Waals surface area contributed by atoms with Gasteiger partial charge < -0.3 is 4.74 Å². The molecule has 0 atom stereocenters. The van der Waals surface area contributed by atoms with Crippen molar-refractivity contribution < 1.29 is 13.9 Å². The van der Waals surface area contributed by atoms with Crippen molar-refractivity contribution >= 4 is 5.97 Å². The van der Waals surface area contributed by atoms with Crippen molar-refractivity contribution in [3.63, 3.8) is 0 Å². The van der Waals surface area contributed by atoms with Crippen molar-refractivity contribution in [1.29, 1.82) is 0 Å². The largest absolute Gasteiger partial charge is 0.462 e. The van der Waals surface area contributed by atoms with Gasteiger partial charge in [0.05, 0.1) is 18.5 Å². The zero-order valence-corrected chi connectivity index (χ0v) is 9.72. The molecule has 0 heterocycles. The van der Waals surface area contributed by atoms with Gasteiger partial charge >= 0.3 is 5.97 Å². The lowest BCUT2D eigenvalue weighted by molar-refractivity contribution is -0.139. The molecule has 0 aromatic carbocycles. The summed E-state index contributed by atoms with van der Waals surface area (Å²) in [5, 5.41) is 0. The minimum Gasteiger partial charge on any atom is -0.462 e. The molecule has 0 bridgehead atoms. The zero-order chi connectivity index (χ0) is 11.5. The second kappa shape index (κ2) is 9.69. The minimum absolute atomic E-state index is 0.0287. The maximum Gasteiger partial charge on any atom is 0.336 e. The molecule has 0 amide bonds. The number of unbranched alkanes of at least 4 members (excludes halogenated alkanes) is 5. The smallest absolute Gasteiger partial charge is 0.336 e. The van der Waals surface area contributed by atoms with E-state index in [1.165, 1.54) is 32.6 Å². The van der Waals surface area contributed by atoms with Gasteiger partial charge in [0.15, 0.2) is 0 Å². The molecule has 0 unspecified atom stereocenters. The summed E-state index contributed by atoms with van der Waals surface area (Å²) in [4.78, 5) is 11.0. The number of carbonyl (C=O) groups excluding carboxylic acids is 1. The van der Waals surface area contributed by atoms with E-state index in [1.807, 2.05) is 0 Å². The highest BCUT2D eigenvalue weighted by Crippen LogP contribution is 2.05. The Morgan fingerprint density at radius 2 is 1.80 bits per heavy atom. The third-order valence-corrected chi connectivity index (χ3v) is 2.22. The van der Waals surface area contributed by atoms with E-state index in [1.54, 1.807) is 0 Å². The van der Waals surface area contributed by atoms with Gasteiger partial charge in [-0.2, -0.15) is 0 Å². The molecule has 0 aliphatic rings. The summed E-state index contributed by atoms with van der Waals surface area (Å²) in [7, 11) is 0. The summed E-state index contributed by atoms with van der Waals surface area (Å²) < 4.78 is 16.7. The van der Waals surface area contributed by atoms with Crippen LogP contribution in [0.5, 0.6) is 0 Å². The second-order valence-corrected chi connectivity index (χ2v) is 3.70. The first-order chi connectivity index (χ1) is 7.22. The van der Waals surface area contributed by atoms with Crippen molar-refractivity contribution in [1.82, 2.24) is 0 Å². The van der Waals surface area contributed by atoms with Gasteiger partial charge in [-0.25, -0.2) is 9.18 Å². The Morgan fingerprint density at radius 3 is 2.40 bits per heavy atom. The third-order valence-electron chi connectivity index (χ3n) is 2.22. The van der Waals surface area contributed by atoms with Crippen LogP contribution in [0.1, 0.15) is 52.4 Å². The van der Waals surface area contributed by atoms with Gasteiger partial charge in [0.1, 0.15) is 0 Å². The van der Waals surface area contributed by atoms with Crippen LogP contribution in [0.15, 0.2) is 11.9 Å². The first-order valence-electron chi connectivity index (χ1n) is 5.66. The van der Waals surface area contributed by atoms with Crippen LogP contribution in [0.4, 0.5) is 4.39 Å². The highest BCUT2D eigenvalue weighted by Gasteiger charge is 2.04. The Bertz CT molecular complexity index is 200. The molecule has 0 aliphatic carbocycles. The average molecular weight is 216 g/mol. The predicted molar refractivity (Wildman–Crippen MR) is 59.2 cm³/mol. The molecule has 0 saturated heterocycles. The van der Waals surface area contributed by atoms with Gasteiger partial charge in [0.25, 0.3) is 0 Å². The molecule has 2 nitrogen and oxygen atoms in total. The fraction of sp³-hybridized carbons (Fsp3) is 0.750. The molecule has 0 rings (SSSR count). The standard InChI is InChI=1S/C12H21FO2/c1-3-4-5-6-7-8-9-15-12(14)11(2)10-13/h10H,3-9H2,1-2H3. The summed E-state index contributed by atoms with van der Waals surface area (Å²) in [5.74, 6) is -0.550. The van der Waals surface area contributed by atoms with Gasteiger partial charge in [-0.15, -0.1) is 0 Å². The molecular weight excluding hydrogens is 195 g/mol. The third kappa shape index (κ3) is 8.16. The first kappa shape index (κ1) is 14.1. The molecule has 0 spiro atoms. The Labute approximate surface area is 91.5 Å². The van der Waals surface area contributed by atoms with Crippen LogP contribution >= 0.6 is 0 Å². The molecule has 0 aromatic rings. The highest BCUT2D eigenvalue weighted by molar-refractivity contribution is 5.87. The Balaban J connectivity index is 3.28. The normalized spacial score (nSPS) is 11.5. The average Bonchev–Trinajstić information content (AvgIpc) is 2.26. The second-order valence-electron chi connectivity index (χ2n) is 3.70. The van der Waals surface area contributed by atoms with E-state index >= 15 is 0 Å². The van der Waals surface area contributed by atoms with Gasteiger partial charge in [-0.3, -0.25) is 0 Å². The van der Waals surface area contributed by atoms with Crippen molar-refractivity contribution in [2.24, 2.45) is 0 Å². The van der Waals surface area contributed by atoms with Crippen LogP contribution in [-0.2, 0) is 9.53 Å². The number of ether oxygens (including phenoxy) is 1. The number of hydrogen-bond acceptors (Lipinski definition) is 2.